The summed E-state index contributed by atoms with van der Waals surface area (Å²) < 4.78 is 10.5. The van der Waals surface area contributed by atoms with E-state index in [9.17, 15) is 10.1 Å². The monoisotopic (exact) mass is 266 g/mol. The summed E-state index contributed by atoms with van der Waals surface area (Å²) in [5, 5.41) is 14.0. The van der Waals surface area contributed by atoms with Crippen LogP contribution in [-0.4, -0.2) is 31.8 Å². The van der Waals surface area contributed by atoms with Gasteiger partial charge in [-0.2, -0.15) is 0 Å². The smallest absolute Gasteiger partial charge is 0.271 e. The van der Waals surface area contributed by atoms with E-state index < -0.39 is 4.92 Å². The van der Waals surface area contributed by atoms with E-state index in [-0.39, 0.29) is 5.69 Å². The quantitative estimate of drug-likeness (QED) is 0.654. The van der Waals surface area contributed by atoms with E-state index in [1.165, 1.54) is 12.1 Å². The second-order valence-electron chi connectivity index (χ2n) is 4.58. The van der Waals surface area contributed by atoms with Crippen LogP contribution in [0.3, 0.4) is 0 Å². The lowest BCUT2D eigenvalue weighted by Crippen LogP contribution is -2.22. The number of non-ortho nitro benzene ring substituents is 1. The minimum absolute atomic E-state index is 0.0651. The molecule has 1 saturated heterocycles. The predicted molar refractivity (Wildman–Crippen MR) is 71.7 cm³/mol. The van der Waals surface area contributed by atoms with Crippen molar-refractivity contribution in [2.45, 2.75) is 12.8 Å². The molecule has 6 nitrogen and oxygen atoms in total. The van der Waals surface area contributed by atoms with Gasteiger partial charge in [-0.3, -0.25) is 10.1 Å². The molecule has 2 rings (SSSR count). The topological polar surface area (TPSA) is 73.6 Å². The summed E-state index contributed by atoms with van der Waals surface area (Å²) in [4.78, 5) is 10.4. The Bertz CT molecular complexity index is 444. The highest BCUT2D eigenvalue weighted by Crippen LogP contribution is 2.29. The molecule has 1 heterocycles. The van der Waals surface area contributed by atoms with Crippen LogP contribution in [0.4, 0.5) is 11.4 Å². The minimum atomic E-state index is -0.404. The average Bonchev–Trinajstić information content (AvgIpc) is 2.45. The molecule has 0 spiro atoms. The summed E-state index contributed by atoms with van der Waals surface area (Å²) in [5.41, 5.74) is 0.735. The molecule has 6 heteroatoms. The SMILES string of the molecule is COc1ccc([N+](=O)[O-])cc1NCC1CCOCC1. The zero-order valence-corrected chi connectivity index (χ0v) is 10.9. The molecule has 0 aromatic heterocycles. The lowest BCUT2D eigenvalue weighted by atomic mass is 10.0. The number of benzene rings is 1. The van der Waals surface area contributed by atoms with Crippen LogP contribution in [0.5, 0.6) is 5.75 Å². The molecule has 0 amide bonds. The van der Waals surface area contributed by atoms with Crippen molar-refractivity contribution >= 4 is 11.4 Å². The summed E-state index contributed by atoms with van der Waals surface area (Å²) in [5.74, 6) is 1.16. The molecular weight excluding hydrogens is 248 g/mol. The van der Waals surface area contributed by atoms with E-state index in [2.05, 4.69) is 5.32 Å². The lowest BCUT2D eigenvalue weighted by Gasteiger charge is -2.23. The molecule has 0 aliphatic carbocycles. The van der Waals surface area contributed by atoms with E-state index in [1.54, 1.807) is 13.2 Å². The number of hydrogen-bond donors (Lipinski definition) is 1. The molecule has 1 aromatic carbocycles. The Hall–Kier alpha value is -1.82. The Labute approximate surface area is 111 Å². The van der Waals surface area contributed by atoms with E-state index in [0.29, 0.717) is 17.4 Å². The van der Waals surface area contributed by atoms with Gasteiger partial charge in [-0.25, -0.2) is 0 Å². The summed E-state index contributed by atoms with van der Waals surface area (Å²) in [6, 6.07) is 4.57. The van der Waals surface area contributed by atoms with Gasteiger partial charge in [-0.15, -0.1) is 0 Å². The van der Waals surface area contributed by atoms with Crippen LogP contribution < -0.4 is 10.1 Å². The van der Waals surface area contributed by atoms with Gasteiger partial charge in [0.2, 0.25) is 0 Å². The van der Waals surface area contributed by atoms with Gasteiger partial charge >= 0.3 is 0 Å². The Morgan fingerprint density at radius 3 is 2.84 bits per heavy atom. The molecule has 104 valence electrons. The Balaban J connectivity index is 2.04. The van der Waals surface area contributed by atoms with Crippen LogP contribution in [0.1, 0.15) is 12.8 Å². The Kier molecular flexibility index (Phi) is 4.57. The van der Waals surface area contributed by atoms with Crippen molar-refractivity contribution in [2.75, 3.05) is 32.2 Å². The number of nitrogens with one attached hydrogen (secondary N) is 1. The van der Waals surface area contributed by atoms with Crippen LogP contribution in [-0.2, 0) is 4.74 Å². The zero-order valence-electron chi connectivity index (χ0n) is 10.9. The number of hydrogen-bond acceptors (Lipinski definition) is 5. The maximum absolute atomic E-state index is 10.8. The number of nitro benzene ring substituents is 1. The van der Waals surface area contributed by atoms with Crippen LogP contribution in [0, 0.1) is 16.0 Å². The van der Waals surface area contributed by atoms with Crippen molar-refractivity contribution in [3.05, 3.63) is 28.3 Å². The normalized spacial score (nSPS) is 16.1. The highest BCUT2D eigenvalue weighted by atomic mass is 16.6. The van der Waals surface area contributed by atoms with Crippen molar-refractivity contribution in [1.82, 2.24) is 0 Å². The fourth-order valence-corrected chi connectivity index (χ4v) is 2.15. The maximum Gasteiger partial charge on any atom is 0.271 e. The lowest BCUT2D eigenvalue weighted by molar-refractivity contribution is -0.384. The van der Waals surface area contributed by atoms with Gasteiger partial charge in [0, 0.05) is 31.9 Å². The Morgan fingerprint density at radius 2 is 2.21 bits per heavy atom. The number of nitro groups is 1. The van der Waals surface area contributed by atoms with Crippen molar-refractivity contribution < 1.29 is 14.4 Å². The third-order valence-electron chi connectivity index (χ3n) is 3.32. The number of rotatable bonds is 5. The summed E-state index contributed by atoms with van der Waals surface area (Å²) >= 11 is 0. The average molecular weight is 266 g/mol. The van der Waals surface area contributed by atoms with E-state index in [0.717, 1.165) is 32.6 Å². The van der Waals surface area contributed by atoms with E-state index in [1.807, 2.05) is 0 Å². The first-order valence-electron chi connectivity index (χ1n) is 6.34. The molecule has 0 atom stereocenters. The van der Waals surface area contributed by atoms with Gasteiger partial charge in [-0.1, -0.05) is 0 Å². The first-order chi connectivity index (χ1) is 9.20. The third-order valence-corrected chi connectivity index (χ3v) is 3.32. The molecule has 19 heavy (non-hydrogen) atoms. The third kappa shape index (κ3) is 3.57. The molecular formula is C13H18N2O4. The van der Waals surface area contributed by atoms with Crippen LogP contribution in [0.15, 0.2) is 18.2 Å². The molecule has 0 bridgehead atoms. The van der Waals surface area contributed by atoms with Crippen molar-refractivity contribution in [3.63, 3.8) is 0 Å². The maximum atomic E-state index is 10.8. The number of nitrogens with zero attached hydrogens (tertiary/aromatic N) is 1. The summed E-state index contributed by atoms with van der Waals surface area (Å²) in [6.07, 6.45) is 2.04. The van der Waals surface area contributed by atoms with Crippen LogP contribution in [0.25, 0.3) is 0 Å². The number of anilines is 1. The second-order valence-corrected chi connectivity index (χ2v) is 4.58. The fraction of sp³-hybridized carbons (Fsp3) is 0.538. The molecule has 1 aromatic rings. The fourth-order valence-electron chi connectivity index (χ4n) is 2.15. The van der Waals surface area contributed by atoms with Crippen LogP contribution >= 0.6 is 0 Å². The van der Waals surface area contributed by atoms with E-state index >= 15 is 0 Å². The first-order valence-corrected chi connectivity index (χ1v) is 6.34. The molecule has 0 unspecified atom stereocenters. The standard InChI is InChI=1S/C13H18N2O4/c1-18-13-3-2-11(15(16)17)8-12(13)14-9-10-4-6-19-7-5-10/h2-3,8,10,14H,4-7,9H2,1H3. The molecule has 1 aliphatic rings. The molecule has 1 aliphatic heterocycles. The summed E-state index contributed by atoms with van der Waals surface area (Å²) in [7, 11) is 1.56. The number of methoxy groups -OCH3 is 1. The van der Waals surface area contributed by atoms with Gasteiger partial charge in [0.1, 0.15) is 5.75 Å². The van der Waals surface area contributed by atoms with Gasteiger partial charge in [-0.05, 0) is 24.8 Å². The largest absolute Gasteiger partial charge is 0.495 e. The van der Waals surface area contributed by atoms with E-state index in [4.69, 9.17) is 9.47 Å². The zero-order chi connectivity index (χ0) is 13.7. The summed E-state index contributed by atoms with van der Waals surface area (Å²) in [6.45, 7) is 2.36. The van der Waals surface area contributed by atoms with Gasteiger partial charge in [0.05, 0.1) is 17.7 Å². The van der Waals surface area contributed by atoms with Gasteiger partial charge in [0.25, 0.3) is 5.69 Å². The highest BCUT2D eigenvalue weighted by Gasteiger charge is 2.16. The molecule has 0 saturated carbocycles. The first kappa shape index (κ1) is 13.6. The van der Waals surface area contributed by atoms with Crippen molar-refractivity contribution in [1.29, 1.82) is 0 Å². The van der Waals surface area contributed by atoms with Crippen LogP contribution in [0.2, 0.25) is 0 Å². The van der Waals surface area contributed by atoms with Crippen molar-refractivity contribution in [2.24, 2.45) is 5.92 Å². The Morgan fingerprint density at radius 1 is 1.47 bits per heavy atom. The molecule has 0 radical (unpaired) electrons. The van der Waals surface area contributed by atoms with Gasteiger partial charge in [0.15, 0.2) is 0 Å². The second kappa shape index (κ2) is 6.38. The van der Waals surface area contributed by atoms with Gasteiger partial charge < -0.3 is 14.8 Å². The molecule has 1 fully saturated rings. The number of ether oxygens (including phenoxy) is 2. The minimum Gasteiger partial charge on any atom is -0.495 e. The van der Waals surface area contributed by atoms with Crippen molar-refractivity contribution in [3.8, 4) is 5.75 Å². The highest BCUT2D eigenvalue weighted by molar-refractivity contribution is 5.61. The predicted octanol–water partition coefficient (Wildman–Crippen LogP) is 2.44. The molecule has 1 N–H and O–H groups in total.